The topological polar surface area (TPSA) is 70.0 Å². The predicted octanol–water partition coefficient (Wildman–Crippen LogP) is 2.68. The fourth-order valence-electron chi connectivity index (χ4n) is 2.13. The molecule has 5 nitrogen and oxygen atoms in total. The monoisotopic (exact) mass is 275 g/mol. The fraction of sp³-hybridized carbons (Fsp3) is 0.533. The van der Waals surface area contributed by atoms with Crippen LogP contribution in [-0.4, -0.2) is 41.3 Å². The lowest BCUT2D eigenvalue weighted by Crippen LogP contribution is -2.27. The first-order chi connectivity index (χ1) is 9.58. The summed E-state index contributed by atoms with van der Waals surface area (Å²) in [6.45, 7) is 6.52. The number of nitrogen functional groups attached to an aromatic ring is 1. The molecule has 0 atom stereocenters. The number of fused-ring (bicyclic) bond motifs is 1. The van der Waals surface area contributed by atoms with E-state index in [2.05, 4.69) is 41.3 Å². The third-order valence-corrected chi connectivity index (χ3v) is 3.74. The maximum atomic E-state index is 6.04. The van der Waals surface area contributed by atoms with Crippen LogP contribution in [0.1, 0.15) is 26.7 Å². The van der Waals surface area contributed by atoms with Gasteiger partial charge in [0.15, 0.2) is 0 Å². The highest BCUT2D eigenvalue weighted by Gasteiger charge is 2.04. The van der Waals surface area contributed by atoms with Gasteiger partial charge in [0.25, 0.3) is 0 Å². The largest absolute Gasteiger partial charge is 0.397 e. The van der Waals surface area contributed by atoms with Crippen molar-refractivity contribution < 1.29 is 0 Å². The molecule has 5 heteroatoms. The first kappa shape index (κ1) is 14.7. The summed E-state index contributed by atoms with van der Waals surface area (Å²) in [4.78, 5) is 2.37. The van der Waals surface area contributed by atoms with E-state index in [1.165, 1.54) is 6.42 Å². The minimum absolute atomic E-state index is 0.612. The Balaban J connectivity index is 1.79. The predicted molar refractivity (Wildman–Crippen MR) is 86.0 cm³/mol. The van der Waals surface area contributed by atoms with Crippen LogP contribution in [0.3, 0.4) is 0 Å². The molecular weight excluding hydrogens is 250 g/mol. The molecule has 1 aromatic carbocycles. The van der Waals surface area contributed by atoms with Crippen molar-refractivity contribution >= 4 is 22.3 Å². The average Bonchev–Trinajstić information content (AvgIpc) is 2.84. The van der Waals surface area contributed by atoms with Gasteiger partial charge in [-0.25, -0.2) is 0 Å². The fourth-order valence-corrected chi connectivity index (χ4v) is 2.13. The van der Waals surface area contributed by atoms with E-state index in [0.717, 1.165) is 41.8 Å². The standard InChI is InChI=1S/C15H25N5/c1-11(2)20(3)7-5-4-6-17-15-9-14-12(8-13(15)16)10-18-19-14/h8-11,17H,4-7,16H2,1-3H3,(H,18,19). The molecule has 0 spiro atoms. The number of nitrogens with zero attached hydrogens (tertiary/aromatic N) is 2. The number of benzene rings is 1. The van der Waals surface area contributed by atoms with Gasteiger partial charge in [0.2, 0.25) is 0 Å². The van der Waals surface area contributed by atoms with Crippen molar-refractivity contribution in [2.24, 2.45) is 0 Å². The Bertz CT molecular complexity index is 546. The Morgan fingerprint density at radius 2 is 2.15 bits per heavy atom. The molecule has 1 heterocycles. The summed E-state index contributed by atoms with van der Waals surface area (Å²) in [6.07, 6.45) is 4.11. The summed E-state index contributed by atoms with van der Waals surface area (Å²) in [6, 6.07) is 4.59. The minimum Gasteiger partial charge on any atom is -0.397 e. The quantitative estimate of drug-likeness (QED) is 0.537. The van der Waals surface area contributed by atoms with Gasteiger partial charge in [-0.15, -0.1) is 0 Å². The SMILES string of the molecule is CC(C)N(C)CCCCNc1cc2[nH]ncc2cc1N. The van der Waals surface area contributed by atoms with Crippen LogP contribution in [0.4, 0.5) is 11.4 Å². The van der Waals surface area contributed by atoms with Crippen LogP contribution >= 0.6 is 0 Å². The second kappa shape index (κ2) is 6.61. The van der Waals surface area contributed by atoms with Gasteiger partial charge < -0.3 is 16.0 Å². The Labute approximate surface area is 120 Å². The summed E-state index contributed by atoms with van der Waals surface area (Å²) < 4.78 is 0. The second-order valence-corrected chi connectivity index (χ2v) is 5.60. The zero-order valence-corrected chi connectivity index (χ0v) is 12.6. The van der Waals surface area contributed by atoms with Gasteiger partial charge in [0.05, 0.1) is 23.1 Å². The van der Waals surface area contributed by atoms with E-state index in [-0.39, 0.29) is 0 Å². The van der Waals surface area contributed by atoms with E-state index in [1.54, 1.807) is 6.20 Å². The first-order valence-electron chi connectivity index (χ1n) is 7.24. The summed E-state index contributed by atoms with van der Waals surface area (Å²) in [5, 5.41) is 11.4. The molecule has 0 aliphatic carbocycles. The van der Waals surface area contributed by atoms with Crippen molar-refractivity contribution in [3.05, 3.63) is 18.3 Å². The molecule has 0 unspecified atom stereocenters. The highest BCUT2D eigenvalue weighted by atomic mass is 15.1. The molecule has 1 aromatic heterocycles. The van der Waals surface area contributed by atoms with Gasteiger partial charge in [0.1, 0.15) is 0 Å². The zero-order valence-electron chi connectivity index (χ0n) is 12.6. The molecule has 0 bridgehead atoms. The summed E-state index contributed by atoms with van der Waals surface area (Å²) in [7, 11) is 2.17. The highest BCUT2D eigenvalue weighted by Crippen LogP contribution is 2.24. The summed E-state index contributed by atoms with van der Waals surface area (Å²) in [5.41, 5.74) is 8.81. The summed E-state index contributed by atoms with van der Waals surface area (Å²) in [5.74, 6) is 0. The molecular formula is C15H25N5. The minimum atomic E-state index is 0.612. The van der Waals surface area contributed by atoms with Crippen molar-refractivity contribution in [2.45, 2.75) is 32.7 Å². The third-order valence-electron chi connectivity index (χ3n) is 3.74. The van der Waals surface area contributed by atoms with Crippen LogP contribution in [0.15, 0.2) is 18.3 Å². The summed E-state index contributed by atoms with van der Waals surface area (Å²) >= 11 is 0. The van der Waals surface area contributed by atoms with Crippen LogP contribution in [-0.2, 0) is 0 Å². The molecule has 0 saturated carbocycles. The Hall–Kier alpha value is -1.75. The van der Waals surface area contributed by atoms with E-state index in [9.17, 15) is 0 Å². The molecule has 0 fully saturated rings. The number of nitrogens with one attached hydrogen (secondary N) is 2. The smallest absolute Gasteiger partial charge is 0.0672 e. The maximum Gasteiger partial charge on any atom is 0.0672 e. The van der Waals surface area contributed by atoms with Gasteiger partial charge >= 0.3 is 0 Å². The molecule has 0 aliphatic heterocycles. The van der Waals surface area contributed by atoms with Gasteiger partial charge in [-0.1, -0.05) is 0 Å². The molecule has 2 rings (SSSR count). The number of aromatic nitrogens is 2. The van der Waals surface area contributed by atoms with Crippen LogP contribution in [0.25, 0.3) is 10.9 Å². The zero-order chi connectivity index (χ0) is 14.5. The van der Waals surface area contributed by atoms with E-state index < -0.39 is 0 Å². The third kappa shape index (κ3) is 3.63. The lowest BCUT2D eigenvalue weighted by molar-refractivity contribution is 0.269. The van der Waals surface area contributed by atoms with Crippen LogP contribution in [0, 0.1) is 0 Å². The van der Waals surface area contributed by atoms with Crippen molar-refractivity contribution in [3.63, 3.8) is 0 Å². The van der Waals surface area contributed by atoms with Crippen molar-refractivity contribution in [1.82, 2.24) is 15.1 Å². The van der Waals surface area contributed by atoms with E-state index in [4.69, 9.17) is 5.73 Å². The van der Waals surface area contributed by atoms with Crippen LogP contribution in [0.5, 0.6) is 0 Å². The maximum absolute atomic E-state index is 6.04. The molecule has 0 amide bonds. The number of aromatic amines is 1. The lowest BCUT2D eigenvalue weighted by Gasteiger charge is -2.20. The van der Waals surface area contributed by atoms with Gasteiger partial charge in [0, 0.05) is 18.0 Å². The number of unbranched alkanes of at least 4 members (excludes halogenated alkanes) is 1. The Kier molecular flexibility index (Phi) is 4.84. The van der Waals surface area contributed by atoms with Crippen molar-refractivity contribution in [3.8, 4) is 0 Å². The molecule has 4 N–H and O–H groups in total. The number of anilines is 2. The van der Waals surface area contributed by atoms with Crippen molar-refractivity contribution in [2.75, 3.05) is 31.2 Å². The number of hydrogen-bond donors (Lipinski definition) is 3. The van der Waals surface area contributed by atoms with Gasteiger partial charge in [-0.3, -0.25) is 5.10 Å². The number of nitrogens with two attached hydrogens (primary N) is 1. The molecule has 110 valence electrons. The van der Waals surface area contributed by atoms with Gasteiger partial charge in [-0.2, -0.15) is 5.10 Å². The van der Waals surface area contributed by atoms with Crippen LogP contribution < -0.4 is 11.1 Å². The second-order valence-electron chi connectivity index (χ2n) is 5.60. The highest BCUT2D eigenvalue weighted by molar-refractivity contribution is 5.88. The Morgan fingerprint density at radius 3 is 2.90 bits per heavy atom. The van der Waals surface area contributed by atoms with E-state index >= 15 is 0 Å². The normalized spacial score (nSPS) is 11.7. The molecule has 0 aliphatic rings. The molecule has 0 radical (unpaired) electrons. The lowest BCUT2D eigenvalue weighted by atomic mass is 10.2. The number of hydrogen-bond acceptors (Lipinski definition) is 4. The van der Waals surface area contributed by atoms with Gasteiger partial charge in [-0.05, 0) is 52.4 Å². The Morgan fingerprint density at radius 1 is 1.35 bits per heavy atom. The number of rotatable bonds is 7. The van der Waals surface area contributed by atoms with Crippen LogP contribution in [0.2, 0.25) is 0 Å². The van der Waals surface area contributed by atoms with E-state index in [1.807, 2.05) is 12.1 Å². The molecule has 20 heavy (non-hydrogen) atoms. The molecule has 2 aromatic rings. The van der Waals surface area contributed by atoms with E-state index in [0.29, 0.717) is 6.04 Å². The molecule has 0 saturated heterocycles. The number of H-pyrrole nitrogens is 1. The average molecular weight is 275 g/mol. The first-order valence-corrected chi connectivity index (χ1v) is 7.24. The van der Waals surface area contributed by atoms with Crippen molar-refractivity contribution in [1.29, 1.82) is 0 Å².